The molecule has 27 heavy (non-hydrogen) atoms. The molecule has 1 aromatic carbocycles. The summed E-state index contributed by atoms with van der Waals surface area (Å²) in [5, 5.41) is 17.8. The molecule has 0 saturated heterocycles. The molecule has 1 aliphatic carbocycles. The van der Waals surface area contributed by atoms with Gasteiger partial charge in [-0.15, -0.1) is 0 Å². The van der Waals surface area contributed by atoms with Gasteiger partial charge in [0.05, 0.1) is 46.4 Å². The van der Waals surface area contributed by atoms with E-state index in [1.54, 1.807) is 12.3 Å². The van der Waals surface area contributed by atoms with E-state index in [0.717, 1.165) is 64.8 Å². The van der Waals surface area contributed by atoms with Crippen molar-refractivity contribution in [2.24, 2.45) is 0 Å². The summed E-state index contributed by atoms with van der Waals surface area (Å²) in [6.45, 7) is 1.96. The van der Waals surface area contributed by atoms with E-state index >= 15 is 0 Å². The Morgan fingerprint density at radius 1 is 1.22 bits per heavy atom. The molecular formula is C20H20FN5O. The molecule has 1 aliphatic rings. The van der Waals surface area contributed by atoms with Crippen LogP contribution in [0.5, 0.6) is 0 Å². The number of hydrogen-bond donors (Lipinski definition) is 2. The molecule has 1 fully saturated rings. The molecule has 0 aliphatic heterocycles. The molecule has 138 valence electrons. The van der Waals surface area contributed by atoms with Crippen LogP contribution in [-0.4, -0.2) is 35.9 Å². The van der Waals surface area contributed by atoms with Crippen LogP contribution in [0, 0.1) is 12.7 Å². The number of halogens is 1. The van der Waals surface area contributed by atoms with E-state index in [1.807, 2.05) is 17.7 Å². The molecule has 2 N–H and O–H groups in total. The highest BCUT2D eigenvalue weighted by Crippen LogP contribution is 2.34. The summed E-state index contributed by atoms with van der Waals surface area (Å²) >= 11 is 0. The highest BCUT2D eigenvalue weighted by Gasteiger charge is 2.25. The molecule has 0 radical (unpaired) electrons. The van der Waals surface area contributed by atoms with Crippen LogP contribution in [0.25, 0.3) is 27.6 Å². The maximum Gasteiger partial charge on any atom is 0.131 e. The third-order valence-electron chi connectivity index (χ3n) is 5.55. The van der Waals surface area contributed by atoms with Crippen LogP contribution >= 0.6 is 0 Å². The zero-order valence-electron chi connectivity index (χ0n) is 15.0. The van der Waals surface area contributed by atoms with Crippen molar-refractivity contribution in [2.45, 2.75) is 44.6 Å². The molecule has 3 aromatic heterocycles. The van der Waals surface area contributed by atoms with E-state index in [4.69, 9.17) is 4.98 Å². The summed E-state index contributed by atoms with van der Waals surface area (Å²) in [6, 6.07) is 4.74. The molecule has 0 amide bonds. The fourth-order valence-corrected chi connectivity index (χ4v) is 4.23. The summed E-state index contributed by atoms with van der Waals surface area (Å²) in [7, 11) is 0. The predicted molar refractivity (Wildman–Crippen MR) is 100 cm³/mol. The lowest BCUT2D eigenvalue weighted by atomic mass is 9.86. The molecule has 7 heteroatoms. The topological polar surface area (TPSA) is 79.6 Å². The average Bonchev–Trinajstić information content (AvgIpc) is 3.23. The van der Waals surface area contributed by atoms with Crippen LogP contribution in [0.1, 0.15) is 43.1 Å². The first-order valence-electron chi connectivity index (χ1n) is 9.27. The minimum Gasteiger partial charge on any atom is -0.393 e. The quantitative estimate of drug-likeness (QED) is 0.567. The van der Waals surface area contributed by atoms with Crippen molar-refractivity contribution in [3.8, 4) is 5.69 Å². The number of benzene rings is 1. The molecule has 4 aromatic rings. The van der Waals surface area contributed by atoms with Gasteiger partial charge >= 0.3 is 0 Å². The standard InChI is InChI=1S/C20H20FN5O/c1-11-17(9-22-20(24-11)12-3-2-4-14(27)7-12)26-16-6-5-13(21)8-15(16)19-18(26)10-23-25-19/h5-6,8-10,12,14,27H,2-4,7H2,1H3,(H,23,25)/t12?,14-/m1/s1. The summed E-state index contributed by atoms with van der Waals surface area (Å²) in [4.78, 5) is 9.38. The molecule has 0 bridgehead atoms. The van der Waals surface area contributed by atoms with Crippen molar-refractivity contribution in [2.75, 3.05) is 0 Å². The lowest BCUT2D eigenvalue weighted by molar-refractivity contribution is 0.118. The molecule has 0 spiro atoms. The second-order valence-corrected chi connectivity index (χ2v) is 7.34. The normalized spacial score (nSPS) is 20.6. The highest BCUT2D eigenvalue weighted by molar-refractivity contribution is 6.06. The second-order valence-electron chi connectivity index (χ2n) is 7.34. The van der Waals surface area contributed by atoms with Crippen molar-refractivity contribution >= 4 is 21.9 Å². The van der Waals surface area contributed by atoms with Gasteiger partial charge in [-0.2, -0.15) is 5.10 Å². The fraction of sp³-hybridized carbons (Fsp3) is 0.350. The van der Waals surface area contributed by atoms with Crippen LogP contribution in [0.2, 0.25) is 0 Å². The minimum absolute atomic E-state index is 0.200. The second kappa shape index (κ2) is 6.13. The summed E-state index contributed by atoms with van der Waals surface area (Å²) in [5.41, 5.74) is 4.24. The maximum absolute atomic E-state index is 13.8. The Morgan fingerprint density at radius 2 is 2.11 bits per heavy atom. The third-order valence-corrected chi connectivity index (χ3v) is 5.55. The summed E-state index contributed by atoms with van der Waals surface area (Å²) in [5.74, 6) is 0.710. The highest BCUT2D eigenvalue weighted by atomic mass is 19.1. The van der Waals surface area contributed by atoms with Gasteiger partial charge in [0.15, 0.2) is 0 Å². The van der Waals surface area contributed by atoms with Crippen LogP contribution < -0.4 is 0 Å². The molecule has 3 heterocycles. The lowest BCUT2D eigenvalue weighted by Gasteiger charge is -2.25. The number of aromatic amines is 1. The minimum atomic E-state index is -0.282. The Hall–Kier alpha value is -2.80. The average molecular weight is 365 g/mol. The molecule has 6 nitrogen and oxygen atoms in total. The van der Waals surface area contributed by atoms with Crippen LogP contribution in [0.3, 0.4) is 0 Å². The number of nitrogens with one attached hydrogen (secondary N) is 1. The van der Waals surface area contributed by atoms with E-state index in [-0.39, 0.29) is 17.8 Å². The van der Waals surface area contributed by atoms with Gasteiger partial charge in [-0.25, -0.2) is 14.4 Å². The Kier molecular flexibility index (Phi) is 3.72. The van der Waals surface area contributed by atoms with Gasteiger partial charge < -0.3 is 9.67 Å². The largest absolute Gasteiger partial charge is 0.393 e. The van der Waals surface area contributed by atoms with Gasteiger partial charge in [0.25, 0.3) is 0 Å². The predicted octanol–water partition coefficient (Wildman–Crippen LogP) is 3.76. The third kappa shape index (κ3) is 2.61. The van der Waals surface area contributed by atoms with Gasteiger partial charge in [-0.3, -0.25) is 5.10 Å². The first-order valence-corrected chi connectivity index (χ1v) is 9.27. The van der Waals surface area contributed by atoms with Crippen molar-refractivity contribution in [1.82, 2.24) is 24.7 Å². The first kappa shape index (κ1) is 16.4. The molecule has 1 unspecified atom stereocenters. The number of aromatic nitrogens is 5. The van der Waals surface area contributed by atoms with Crippen LogP contribution in [0.15, 0.2) is 30.6 Å². The first-order chi connectivity index (χ1) is 13.1. The van der Waals surface area contributed by atoms with Gasteiger partial charge in [0.1, 0.15) is 11.6 Å². The zero-order chi connectivity index (χ0) is 18.5. The van der Waals surface area contributed by atoms with Crippen molar-refractivity contribution in [3.63, 3.8) is 0 Å². The van der Waals surface area contributed by atoms with E-state index in [9.17, 15) is 9.50 Å². The number of fused-ring (bicyclic) bond motifs is 3. The van der Waals surface area contributed by atoms with E-state index < -0.39 is 0 Å². The molecule has 1 saturated carbocycles. The van der Waals surface area contributed by atoms with E-state index in [2.05, 4.69) is 15.2 Å². The van der Waals surface area contributed by atoms with E-state index in [0.29, 0.717) is 0 Å². The van der Waals surface area contributed by atoms with Crippen molar-refractivity contribution in [1.29, 1.82) is 0 Å². The van der Waals surface area contributed by atoms with Crippen LogP contribution in [-0.2, 0) is 0 Å². The van der Waals surface area contributed by atoms with Crippen LogP contribution in [0.4, 0.5) is 4.39 Å². The number of nitrogens with zero attached hydrogens (tertiary/aromatic N) is 4. The van der Waals surface area contributed by atoms with Gasteiger partial charge in [0, 0.05) is 11.3 Å². The lowest BCUT2D eigenvalue weighted by Crippen LogP contribution is -2.20. The van der Waals surface area contributed by atoms with Gasteiger partial charge in [0.2, 0.25) is 0 Å². The van der Waals surface area contributed by atoms with Gasteiger partial charge in [-0.05, 0) is 44.4 Å². The van der Waals surface area contributed by atoms with Gasteiger partial charge in [-0.1, -0.05) is 6.42 Å². The Bertz CT molecular complexity index is 1150. The molecular weight excluding hydrogens is 345 g/mol. The molecule has 5 rings (SSSR count). The number of aliphatic hydroxyl groups is 1. The number of hydrogen-bond acceptors (Lipinski definition) is 4. The number of aliphatic hydroxyl groups excluding tert-OH is 1. The molecule has 2 atom stereocenters. The SMILES string of the molecule is Cc1nc(C2CCC[C@@H](O)C2)ncc1-n1c2ccc(F)cc2c2[nH]ncc21. The monoisotopic (exact) mass is 365 g/mol. The number of rotatable bonds is 2. The zero-order valence-corrected chi connectivity index (χ0v) is 15.0. The van der Waals surface area contributed by atoms with Crippen molar-refractivity contribution < 1.29 is 9.50 Å². The fourth-order valence-electron chi connectivity index (χ4n) is 4.23. The van der Waals surface area contributed by atoms with E-state index in [1.165, 1.54) is 12.1 Å². The number of aryl methyl sites for hydroxylation is 1. The Balaban J connectivity index is 1.65. The summed E-state index contributed by atoms with van der Waals surface area (Å²) < 4.78 is 15.8. The smallest absolute Gasteiger partial charge is 0.131 e. The maximum atomic E-state index is 13.8. The Morgan fingerprint density at radius 3 is 2.93 bits per heavy atom. The number of H-pyrrole nitrogens is 1. The summed E-state index contributed by atoms with van der Waals surface area (Å²) in [6.07, 6.45) is 6.88. The Labute approximate surface area is 155 Å². The van der Waals surface area contributed by atoms with Crippen molar-refractivity contribution in [3.05, 3.63) is 47.9 Å².